The number of nitriles is 1. The third kappa shape index (κ3) is 4.40. The highest BCUT2D eigenvalue weighted by Gasteiger charge is 2.32. The second kappa shape index (κ2) is 8.83. The first-order chi connectivity index (χ1) is 16.7. The highest BCUT2D eigenvalue weighted by molar-refractivity contribution is 7.16. The van der Waals surface area contributed by atoms with Crippen LogP contribution in [0.3, 0.4) is 0 Å². The van der Waals surface area contributed by atoms with Crippen molar-refractivity contribution >= 4 is 33.2 Å². The highest BCUT2D eigenvalue weighted by Crippen LogP contribution is 2.44. The zero-order chi connectivity index (χ0) is 24.7. The number of hydrogen-bond donors (Lipinski definition) is 1. The van der Waals surface area contributed by atoms with E-state index in [2.05, 4.69) is 32.2 Å². The van der Waals surface area contributed by atoms with E-state index in [1.165, 1.54) is 16.2 Å². The lowest BCUT2D eigenvalue weighted by Gasteiger charge is -2.33. The molecule has 6 heteroatoms. The van der Waals surface area contributed by atoms with Crippen molar-refractivity contribution in [3.8, 4) is 17.2 Å². The van der Waals surface area contributed by atoms with Gasteiger partial charge in [0, 0.05) is 15.8 Å². The van der Waals surface area contributed by atoms with Gasteiger partial charge in [-0.05, 0) is 66.0 Å². The van der Waals surface area contributed by atoms with Gasteiger partial charge in [-0.3, -0.25) is 4.79 Å². The highest BCUT2D eigenvalue weighted by atomic mass is 32.1. The lowest BCUT2D eigenvalue weighted by atomic mass is 9.72. The van der Waals surface area contributed by atoms with E-state index in [0.29, 0.717) is 38.8 Å². The second-order valence-corrected chi connectivity index (χ2v) is 11.3. The van der Waals surface area contributed by atoms with E-state index in [4.69, 9.17) is 4.42 Å². The first-order valence-corrected chi connectivity index (χ1v) is 12.6. The number of nitrogens with zero attached hydrogens (tertiary/aromatic N) is 1. The van der Waals surface area contributed by atoms with Gasteiger partial charge in [-0.15, -0.1) is 11.3 Å². The standard InChI is InChI=1S/C29H26N2O3S/c1-29(2,3)20-11-12-21-23(16-30)27(35-25(21)15-20)31-26(32)19-9-6-8-17(13-19)22-14-18-7-4-5-10-24(18)34-28(22)33/h4-10,13-14,20H,11-12,15H2,1-3H3,(H,31,32)/t20-/m1/s1. The van der Waals surface area contributed by atoms with Gasteiger partial charge in [0.15, 0.2) is 0 Å². The van der Waals surface area contributed by atoms with Crippen LogP contribution in [0.4, 0.5) is 5.00 Å². The summed E-state index contributed by atoms with van der Waals surface area (Å²) in [4.78, 5) is 27.0. The maximum atomic E-state index is 13.2. The van der Waals surface area contributed by atoms with Gasteiger partial charge in [0.2, 0.25) is 0 Å². The van der Waals surface area contributed by atoms with E-state index in [-0.39, 0.29) is 11.3 Å². The average Bonchev–Trinajstić information content (AvgIpc) is 3.19. The van der Waals surface area contributed by atoms with Gasteiger partial charge in [-0.1, -0.05) is 51.1 Å². The summed E-state index contributed by atoms with van der Waals surface area (Å²) < 4.78 is 5.46. The third-order valence-corrected chi connectivity index (χ3v) is 8.08. The summed E-state index contributed by atoms with van der Waals surface area (Å²) in [5.74, 6) is 0.244. The largest absolute Gasteiger partial charge is 0.422 e. The molecule has 0 fully saturated rings. The first kappa shape index (κ1) is 23.1. The second-order valence-electron chi connectivity index (χ2n) is 10.1. The van der Waals surface area contributed by atoms with Crippen molar-refractivity contribution in [1.29, 1.82) is 5.26 Å². The Morgan fingerprint density at radius 3 is 2.71 bits per heavy atom. The average molecular weight is 483 g/mol. The fourth-order valence-electron chi connectivity index (χ4n) is 4.80. The fourth-order valence-corrected chi connectivity index (χ4v) is 6.07. The lowest BCUT2D eigenvalue weighted by Crippen LogP contribution is -2.26. The number of amides is 1. The molecule has 0 aliphatic heterocycles. The summed E-state index contributed by atoms with van der Waals surface area (Å²) in [5.41, 5.74) is 3.35. The molecular formula is C29H26N2O3S. The Kier molecular flexibility index (Phi) is 5.82. The number of carbonyl (C=O) groups is 1. The van der Waals surface area contributed by atoms with Gasteiger partial charge in [0.1, 0.15) is 16.7 Å². The van der Waals surface area contributed by atoms with Crippen LogP contribution in [0.2, 0.25) is 0 Å². The van der Waals surface area contributed by atoms with Gasteiger partial charge < -0.3 is 9.73 Å². The summed E-state index contributed by atoms with van der Waals surface area (Å²) >= 11 is 1.51. The van der Waals surface area contributed by atoms with Gasteiger partial charge in [-0.25, -0.2) is 4.79 Å². The molecule has 1 N–H and O–H groups in total. The molecule has 0 unspecified atom stereocenters. The van der Waals surface area contributed by atoms with Crippen LogP contribution in [-0.4, -0.2) is 5.91 Å². The number of benzene rings is 2. The molecule has 1 amide bonds. The van der Waals surface area contributed by atoms with Crippen molar-refractivity contribution in [2.45, 2.75) is 40.0 Å². The number of anilines is 1. The van der Waals surface area contributed by atoms with Crippen LogP contribution in [-0.2, 0) is 12.8 Å². The molecule has 1 aliphatic rings. The van der Waals surface area contributed by atoms with Crippen molar-refractivity contribution in [2.24, 2.45) is 11.3 Å². The van der Waals surface area contributed by atoms with E-state index in [9.17, 15) is 14.9 Å². The quantitative estimate of drug-likeness (QED) is 0.326. The topological polar surface area (TPSA) is 83.1 Å². The summed E-state index contributed by atoms with van der Waals surface area (Å²) in [5, 5.41) is 14.2. The van der Waals surface area contributed by atoms with Crippen molar-refractivity contribution in [2.75, 3.05) is 5.32 Å². The molecule has 0 spiro atoms. The number of fused-ring (bicyclic) bond motifs is 2. The van der Waals surface area contributed by atoms with Crippen molar-refractivity contribution in [3.05, 3.63) is 86.6 Å². The molecule has 0 saturated heterocycles. The monoisotopic (exact) mass is 482 g/mol. The SMILES string of the molecule is CC(C)(C)[C@@H]1CCc2c(sc(NC(=O)c3cccc(-c4cc5ccccc5oc4=O)c3)c2C#N)C1. The van der Waals surface area contributed by atoms with Crippen molar-refractivity contribution in [1.82, 2.24) is 0 Å². The smallest absolute Gasteiger partial charge is 0.344 e. The van der Waals surface area contributed by atoms with Crippen LogP contribution in [0.15, 0.2) is 63.8 Å². The molecule has 5 rings (SSSR count). The van der Waals surface area contributed by atoms with Crippen LogP contribution >= 0.6 is 11.3 Å². The maximum Gasteiger partial charge on any atom is 0.344 e. The molecule has 0 saturated carbocycles. The van der Waals surface area contributed by atoms with Crippen LogP contribution in [0.5, 0.6) is 0 Å². The molecule has 4 aromatic rings. The molecule has 2 aromatic heterocycles. The zero-order valence-corrected chi connectivity index (χ0v) is 20.8. The number of rotatable bonds is 3. The number of thiophene rings is 1. The van der Waals surface area contributed by atoms with E-state index in [1.54, 1.807) is 36.4 Å². The minimum absolute atomic E-state index is 0.202. The van der Waals surface area contributed by atoms with Crippen molar-refractivity contribution < 1.29 is 9.21 Å². The predicted octanol–water partition coefficient (Wildman–Crippen LogP) is 6.80. The minimum Gasteiger partial charge on any atom is -0.422 e. The molecule has 1 atom stereocenters. The number of nitrogens with one attached hydrogen (secondary N) is 1. The Bertz CT molecular complexity index is 1550. The molecular weight excluding hydrogens is 456 g/mol. The molecule has 35 heavy (non-hydrogen) atoms. The van der Waals surface area contributed by atoms with E-state index >= 15 is 0 Å². The molecule has 2 heterocycles. The minimum atomic E-state index is -0.452. The maximum absolute atomic E-state index is 13.2. The Morgan fingerprint density at radius 1 is 1.14 bits per heavy atom. The van der Waals surface area contributed by atoms with Crippen LogP contribution in [0.25, 0.3) is 22.1 Å². The van der Waals surface area contributed by atoms with Gasteiger partial charge in [0.25, 0.3) is 5.91 Å². The Hall–Kier alpha value is -3.69. The van der Waals surface area contributed by atoms with E-state index < -0.39 is 5.63 Å². The zero-order valence-electron chi connectivity index (χ0n) is 20.0. The van der Waals surface area contributed by atoms with Crippen LogP contribution < -0.4 is 10.9 Å². The first-order valence-electron chi connectivity index (χ1n) is 11.7. The lowest BCUT2D eigenvalue weighted by molar-refractivity contribution is 0.102. The Morgan fingerprint density at radius 2 is 1.94 bits per heavy atom. The molecule has 0 bridgehead atoms. The fraction of sp³-hybridized carbons (Fsp3) is 0.276. The van der Waals surface area contributed by atoms with Crippen molar-refractivity contribution in [3.63, 3.8) is 0 Å². The van der Waals surface area contributed by atoms with E-state index in [0.717, 1.165) is 30.2 Å². The van der Waals surface area contributed by atoms with E-state index in [1.807, 2.05) is 18.2 Å². The summed E-state index contributed by atoms with van der Waals surface area (Å²) in [6, 6.07) is 18.4. The normalized spacial score (nSPS) is 15.4. The van der Waals surface area contributed by atoms with Crippen LogP contribution in [0, 0.1) is 22.7 Å². The third-order valence-electron chi connectivity index (χ3n) is 6.91. The molecule has 2 aromatic carbocycles. The molecule has 176 valence electrons. The summed E-state index contributed by atoms with van der Waals surface area (Å²) in [6.07, 6.45) is 2.84. The number of hydrogen-bond acceptors (Lipinski definition) is 5. The van der Waals surface area contributed by atoms with Gasteiger partial charge in [0.05, 0.1) is 11.1 Å². The summed E-state index contributed by atoms with van der Waals surface area (Å²) in [7, 11) is 0. The summed E-state index contributed by atoms with van der Waals surface area (Å²) in [6.45, 7) is 6.77. The molecule has 5 nitrogen and oxygen atoms in total. The Labute approximate surface area is 208 Å². The number of carbonyl (C=O) groups excluding carboxylic acids is 1. The predicted molar refractivity (Wildman–Crippen MR) is 140 cm³/mol. The van der Waals surface area contributed by atoms with Crippen LogP contribution in [0.1, 0.15) is 53.6 Å². The Balaban J connectivity index is 1.44. The molecule has 1 aliphatic carbocycles. The van der Waals surface area contributed by atoms with Gasteiger partial charge >= 0.3 is 5.63 Å². The van der Waals surface area contributed by atoms with Gasteiger partial charge in [-0.2, -0.15) is 5.26 Å². The molecule has 0 radical (unpaired) electrons. The number of para-hydroxylation sites is 1.